The van der Waals surface area contributed by atoms with E-state index in [1.165, 1.54) is 4.63 Å². The normalized spacial score (nSPS) is 11.9. The molecule has 0 saturated heterocycles. The van der Waals surface area contributed by atoms with Gasteiger partial charge in [-0.3, -0.25) is 0 Å². The molecule has 0 saturated carbocycles. The molecule has 0 radical (unpaired) electrons. The largest absolute Gasteiger partial charge is 0.389 e. The molecule has 0 unspecified atom stereocenters. The SMILES string of the molecule is FC(F)(F)CCCNc1ccc2nnnn2n1. The Balaban J connectivity index is 1.86. The van der Waals surface area contributed by atoms with Crippen LogP contribution in [0.5, 0.6) is 0 Å². The Labute approximate surface area is 93.8 Å². The summed E-state index contributed by atoms with van der Waals surface area (Å²) in [6.07, 6.45) is -4.93. The lowest BCUT2D eigenvalue weighted by Crippen LogP contribution is -2.12. The van der Waals surface area contributed by atoms with Crippen molar-refractivity contribution in [3.05, 3.63) is 12.1 Å². The molecular formula is C8H9F3N6. The molecule has 0 aromatic carbocycles. The Morgan fingerprint density at radius 1 is 1.29 bits per heavy atom. The lowest BCUT2D eigenvalue weighted by Gasteiger charge is -2.07. The van der Waals surface area contributed by atoms with Crippen molar-refractivity contribution in [3.63, 3.8) is 0 Å². The topological polar surface area (TPSA) is 68.0 Å². The summed E-state index contributed by atoms with van der Waals surface area (Å²) >= 11 is 0. The number of anilines is 1. The van der Waals surface area contributed by atoms with Crippen LogP contribution in [0.2, 0.25) is 0 Å². The molecule has 9 heteroatoms. The highest BCUT2D eigenvalue weighted by Gasteiger charge is 2.25. The van der Waals surface area contributed by atoms with Gasteiger partial charge in [0, 0.05) is 13.0 Å². The van der Waals surface area contributed by atoms with Gasteiger partial charge < -0.3 is 5.32 Å². The van der Waals surface area contributed by atoms with E-state index in [2.05, 4.69) is 25.9 Å². The molecule has 0 fully saturated rings. The first-order valence-electron chi connectivity index (χ1n) is 4.91. The van der Waals surface area contributed by atoms with E-state index in [1.807, 2.05) is 0 Å². The van der Waals surface area contributed by atoms with Gasteiger partial charge in [0.15, 0.2) is 5.65 Å². The molecule has 2 aromatic rings. The zero-order valence-corrected chi connectivity index (χ0v) is 8.65. The average Bonchev–Trinajstić information content (AvgIpc) is 2.70. The Bertz CT molecular complexity index is 493. The number of alkyl halides is 3. The highest BCUT2D eigenvalue weighted by atomic mass is 19.4. The number of hydrogen-bond acceptors (Lipinski definition) is 5. The zero-order chi connectivity index (χ0) is 12.3. The fourth-order valence-corrected chi connectivity index (χ4v) is 1.25. The van der Waals surface area contributed by atoms with Crippen molar-refractivity contribution in [2.45, 2.75) is 19.0 Å². The summed E-state index contributed by atoms with van der Waals surface area (Å²) in [4.78, 5) is 0. The highest BCUT2D eigenvalue weighted by molar-refractivity contribution is 5.41. The third-order valence-electron chi connectivity index (χ3n) is 2.01. The molecular weight excluding hydrogens is 237 g/mol. The standard InChI is InChI=1S/C8H9F3N6/c9-8(10,11)4-1-5-12-6-2-3-7-13-15-16-17(7)14-6/h2-3H,1,4-5H2,(H,12,14). The van der Waals surface area contributed by atoms with Crippen molar-refractivity contribution in [2.24, 2.45) is 0 Å². The van der Waals surface area contributed by atoms with Gasteiger partial charge in [-0.05, 0) is 29.0 Å². The van der Waals surface area contributed by atoms with Crippen LogP contribution >= 0.6 is 0 Å². The van der Waals surface area contributed by atoms with Crippen LogP contribution in [0.15, 0.2) is 12.1 Å². The molecule has 0 aliphatic rings. The number of hydrogen-bond donors (Lipinski definition) is 1. The molecule has 0 aliphatic carbocycles. The molecule has 2 heterocycles. The predicted octanol–water partition coefficient (Wildman–Crippen LogP) is 1.27. The quantitative estimate of drug-likeness (QED) is 0.823. The van der Waals surface area contributed by atoms with E-state index < -0.39 is 12.6 Å². The number of fused-ring (bicyclic) bond motifs is 1. The molecule has 2 rings (SSSR count). The summed E-state index contributed by atoms with van der Waals surface area (Å²) in [5.74, 6) is 0.437. The third kappa shape index (κ3) is 3.26. The second kappa shape index (κ2) is 4.52. The van der Waals surface area contributed by atoms with E-state index in [0.717, 1.165) is 0 Å². The second-order valence-electron chi connectivity index (χ2n) is 3.39. The zero-order valence-electron chi connectivity index (χ0n) is 8.65. The minimum Gasteiger partial charge on any atom is -0.369 e. The Morgan fingerprint density at radius 3 is 2.88 bits per heavy atom. The van der Waals surface area contributed by atoms with Gasteiger partial charge in [-0.25, -0.2) is 0 Å². The maximum absolute atomic E-state index is 11.9. The first-order chi connectivity index (χ1) is 8.04. The predicted molar refractivity (Wildman–Crippen MR) is 52.4 cm³/mol. The Kier molecular flexibility index (Phi) is 3.07. The second-order valence-corrected chi connectivity index (χ2v) is 3.39. The summed E-state index contributed by atoms with van der Waals surface area (Å²) in [6.45, 7) is 0.195. The molecule has 17 heavy (non-hydrogen) atoms. The summed E-state index contributed by atoms with van der Waals surface area (Å²) in [5.41, 5.74) is 0.478. The average molecular weight is 246 g/mol. The van der Waals surface area contributed by atoms with Crippen molar-refractivity contribution in [2.75, 3.05) is 11.9 Å². The number of aromatic nitrogens is 5. The smallest absolute Gasteiger partial charge is 0.369 e. The van der Waals surface area contributed by atoms with E-state index >= 15 is 0 Å². The third-order valence-corrected chi connectivity index (χ3v) is 2.01. The van der Waals surface area contributed by atoms with Crippen molar-refractivity contribution < 1.29 is 13.2 Å². The lowest BCUT2D eigenvalue weighted by atomic mass is 10.3. The maximum Gasteiger partial charge on any atom is 0.389 e. The van der Waals surface area contributed by atoms with E-state index in [-0.39, 0.29) is 13.0 Å². The molecule has 0 aliphatic heterocycles. The maximum atomic E-state index is 11.9. The van der Waals surface area contributed by atoms with Gasteiger partial charge in [-0.15, -0.1) is 14.8 Å². The van der Waals surface area contributed by atoms with Gasteiger partial charge >= 0.3 is 6.18 Å². The van der Waals surface area contributed by atoms with Crippen molar-refractivity contribution in [3.8, 4) is 0 Å². The lowest BCUT2D eigenvalue weighted by molar-refractivity contribution is -0.134. The number of nitrogens with one attached hydrogen (secondary N) is 1. The van der Waals surface area contributed by atoms with Crippen LogP contribution in [-0.2, 0) is 0 Å². The van der Waals surface area contributed by atoms with Gasteiger partial charge in [-0.2, -0.15) is 13.2 Å². The molecule has 0 atom stereocenters. The van der Waals surface area contributed by atoms with E-state index in [9.17, 15) is 13.2 Å². The van der Waals surface area contributed by atoms with Gasteiger partial charge in [0.05, 0.1) is 0 Å². The van der Waals surface area contributed by atoms with Crippen LogP contribution in [0.25, 0.3) is 5.65 Å². The van der Waals surface area contributed by atoms with E-state index in [4.69, 9.17) is 0 Å². The van der Waals surface area contributed by atoms with Crippen molar-refractivity contribution in [1.29, 1.82) is 0 Å². The molecule has 92 valence electrons. The van der Waals surface area contributed by atoms with E-state index in [0.29, 0.717) is 11.5 Å². The summed E-state index contributed by atoms with van der Waals surface area (Å²) in [7, 11) is 0. The number of nitrogens with zero attached hydrogens (tertiary/aromatic N) is 5. The highest BCUT2D eigenvalue weighted by Crippen LogP contribution is 2.21. The fourth-order valence-electron chi connectivity index (χ4n) is 1.25. The molecule has 0 spiro atoms. The molecule has 0 amide bonds. The van der Waals surface area contributed by atoms with Crippen LogP contribution in [0, 0.1) is 0 Å². The van der Waals surface area contributed by atoms with Crippen LogP contribution in [0.4, 0.5) is 19.0 Å². The van der Waals surface area contributed by atoms with Crippen molar-refractivity contribution in [1.82, 2.24) is 25.3 Å². The van der Waals surface area contributed by atoms with E-state index in [1.54, 1.807) is 12.1 Å². The van der Waals surface area contributed by atoms with Crippen LogP contribution < -0.4 is 5.32 Å². The van der Waals surface area contributed by atoms with Crippen LogP contribution in [0.1, 0.15) is 12.8 Å². The Hall–Kier alpha value is -1.93. The first kappa shape index (κ1) is 11.6. The van der Waals surface area contributed by atoms with Crippen LogP contribution in [0.3, 0.4) is 0 Å². The number of tetrazole rings is 1. The van der Waals surface area contributed by atoms with Crippen LogP contribution in [-0.4, -0.2) is 38.0 Å². The summed E-state index contributed by atoms with van der Waals surface area (Å²) in [5, 5.41) is 17.3. The molecule has 6 nitrogen and oxygen atoms in total. The Morgan fingerprint density at radius 2 is 2.12 bits per heavy atom. The molecule has 2 aromatic heterocycles. The first-order valence-corrected chi connectivity index (χ1v) is 4.91. The number of rotatable bonds is 4. The minimum absolute atomic E-state index is 0.00117. The van der Waals surface area contributed by atoms with Gasteiger partial charge in [0.1, 0.15) is 5.82 Å². The fraction of sp³-hybridized carbons (Fsp3) is 0.500. The minimum atomic E-state index is -4.12. The van der Waals surface area contributed by atoms with Gasteiger partial charge in [0.2, 0.25) is 0 Å². The van der Waals surface area contributed by atoms with Gasteiger partial charge in [0.25, 0.3) is 0 Å². The van der Waals surface area contributed by atoms with Gasteiger partial charge in [-0.1, -0.05) is 0 Å². The van der Waals surface area contributed by atoms with Crippen molar-refractivity contribution >= 4 is 11.5 Å². The summed E-state index contributed by atoms with van der Waals surface area (Å²) in [6, 6.07) is 3.23. The summed E-state index contributed by atoms with van der Waals surface area (Å²) < 4.78 is 36.8. The molecule has 0 bridgehead atoms. The molecule has 1 N–H and O–H groups in total. The number of halogens is 3. The monoisotopic (exact) mass is 246 g/mol.